The van der Waals surface area contributed by atoms with Crippen molar-refractivity contribution in [3.05, 3.63) is 34.4 Å². The Morgan fingerprint density at radius 3 is 2.29 bits per heavy atom. The Morgan fingerprint density at radius 2 is 1.79 bits per heavy atom. The number of carbonyl (C=O) groups is 2. The Hall–Kier alpha value is -2.09. The fourth-order valence-corrected chi connectivity index (χ4v) is 2.48. The van der Waals surface area contributed by atoms with E-state index in [9.17, 15) is 19.7 Å². The first-order chi connectivity index (χ1) is 11.2. The topological polar surface area (TPSA) is 98.5 Å². The minimum absolute atomic E-state index is 0.00288. The van der Waals surface area contributed by atoms with Crippen LogP contribution in [0.1, 0.15) is 27.7 Å². The molecule has 24 heavy (non-hydrogen) atoms. The average molecular weight is 354 g/mol. The van der Waals surface area contributed by atoms with E-state index in [-0.39, 0.29) is 24.2 Å². The van der Waals surface area contributed by atoms with Crippen molar-refractivity contribution in [3.63, 3.8) is 0 Å². The maximum atomic E-state index is 11.9. The maximum Gasteiger partial charge on any atom is 0.319 e. The standard InChI is InChI=1S/C16H22N2O5S/c1-10(2)11(3)17-15(19)9-23-16(20)12(4)24-14-7-5-13(6-8-14)18(21)22/h5-8,10-12H,9H2,1-4H3,(H,17,19). The van der Waals surface area contributed by atoms with Crippen LogP contribution in [0.25, 0.3) is 0 Å². The normalized spacial score (nSPS) is 13.2. The number of benzene rings is 1. The summed E-state index contributed by atoms with van der Waals surface area (Å²) in [7, 11) is 0. The number of thioether (sulfide) groups is 1. The molecule has 0 aliphatic carbocycles. The van der Waals surface area contributed by atoms with Gasteiger partial charge in [0, 0.05) is 23.1 Å². The van der Waals surface area contributed by atoms with Gasteiger partial charge in [-0.25, -0.2) is 0 Å². The molecule has 0 heterocycles. The smallest absolute Gasteiger partial charge is 0.319 e. The Morgan fingerprint density at radius 1 is 1.21 bits per heavy atom. The number of amides is 1. The van der Waals surface area contributed by atoms with Gasteiger partial charge < -0.3 is 10.1 Å². The molecule has 8 heteroatoms. The molecule has 1 aromatic carbocycles. The van der Waals surface area contributed by atoms with E-state index in [1.54, 1.807) is 19.1 Å². The van der Waals surface area contributed by atoms with Crippen LogP contribution in [0, 0.1) is 16.0 Å². The van der Waals surface area contributed by atoms with Gasteiger partial charge in [0.15, 0.2) is 6.61 Å². The third-order valence-electron chi connectivity index (χ3n) is 3.43. The molecule has 132 valence electrons. The molecular formula is C16H22N2O5S. The molecule has 0 aliphatic rings. The Kier molecular flexibility index (Phi) is 7.70. The second-order valence-electron chi connectivity index (χ2n) is 5.72. The number of nitrogens with zero attached hydrogens (tertiary/aromatic N) is 1. The minimum atomic E-state index is -0.526. The van der Waals surface area contributed by atoms with Gasteiger partial charge in [-0.2, -0.15) is 0 Å². The quantitative estimate of drug-likeness (QED) is 0.334. The van der Waals surface area contributed by atoms with Crippen LogP contribution in [0.3, 0.4) is 0 Å². The van der Waals surface area contributed by atoms with Gasteiger partial charge >= 0.3 is 5.97 Å². The van der Waals surface area contributed by atoms with E-state index in [2.05, 4.69) is 5.32 Å². The Balaban J connectivity index is 2.44. The number of carbonyl (C=O) groups excluding carboxylic acids is 2. The third-order valence-corrected chi connectivity index (χ3v) is 4.52. The van der Waals surface area contributed by atoms with Gasteiger partial charge in [0.2, 0.25) is 0 Å². The molecule has 0 aliphatic heterocycles. The summed E-state index contributed by atoms with van der Waals surface area (Å²) in [6.45, 7) is 7.20. The molecule has 0 aromatic heterocycles. The summed E-state index contributed by atoms with van der Waals surface area (Å²) < 4.78 is 5.00. The number of hydrogen-bond acceptors (Lipinski definition) is 6. The number of rotatable bonds is 8. The monoisotopic (exact) mass is 354 g/mol. The van der Waals surface area contributed by atoms with E-state index in [4.69, 9.17) is 4.74 Å². The summed E-state index contributed by atoms with van der Waals surface area (Å²) in [5.41, 5.74) is -0.00878. The minimum Gasteiger partial charge on any atom is -0.455 e. The number of nitro groups is 1. The molecule has 2 unspecified atom stereocenters. The maximum absolute atomic E-state index is 11.9. The van der Waals surface area contributed by atoms with Gasteiger partial charge in [-0.15, -0.1) is 11.8 Å². The van der Waals surface area contributed by atoms with E-state index in [0.717, 1.165) is 0 Å². The zero-order valence-corrected chi connectivity index (χ0v) is 15.0. The number of ether oxygens (including phenoxy) is 1. The van der Waals surface area contributed by atoms with Gasteiger partial charge in [-0.3, -0.25) is 19.7 Å². The van der Waals surface area contributed by atoms with E-state index < -0.39 is 16.1 Å². The Labute approximate surface area is 145 Å². The number of esters is 1. The molecule has 0 saturated carbocycles. The number of non-ortho nitro benzene ring substituents is 1. The lowest BCUT2D eigenvalue weighted by Gasteiger charge is -2.17. The van der Waals surface area contributed by atoms with Crippen LogP contribution in [0.4, 0.5) is 5.69 Å². The Bertz CT molecular complexity index is 589. The van der Waals surface area contributed by atoms with Crippen molar-refractivity contribution in [1.82, 2.24) is 5.32 Å². The van der Waals surface area contributed by atoms with Crippen molar-refractivity contribution in [2.45, 2.75) is 43.9 Å². The average Bonchev–Trinajstić information content (AvgIpc) is 2.52. The molecule has 0 bridgehead atoms. The molecule has 1 aromatic rings. The van der Waals surface area contributed by atoms with Crippen molar-refractivity contribution in [2.24, 2.45) is 5.92 Å². The van der Waals surface area contributed by atoms with E-state index in [1.165, 1.54) is 23.9 Å². The second-order valence-corrected chi connectivity index (χ2v) is 7.13. The van der Waals surface area contributed by atoms with E-state index in [1.807, 2.05) is 20.8 Å². The van der Waals surface area contributed by atoms with Crippen molar-refractivity contribution in [1.29, 1.82) is 0 Å². The van der Waals surface area contributed by atoms with Crippen molar-refractivity contribution < 1.29 is 19.2 Å². The van der Waals surface area contributed by atoms with E-state index in [0.29, 0.717) is 10.8 Å². The second kappa shape index (κ2) is 9.27. The molecule has 0 saturated heterocycles. The lowest BCUT2D eigenvalue weighted by molar-refractivity contribution is -0.384. The van der Waals surface area contributed by atoms with Crippen LogP contribution < -0.4 is 5.32 Å². The predicted octanol–water partition coefficient (Wildman–Crippen LogP) is 2.78. The van der Waals surface area contributed by atoms with Crippen LogP contribution in [-0.4, -0.2) is 34.7 Å². The highest BCUT2D eigenvalue weighted by atomic mass is 32.2. The number of nitrogens with one attached hydrogen (secondary N) is 1. The molecule has 1 amide bonds. The largest absolute Gasteiger partial charge is 0.455 e. The molecule has 0 spiro atoms. The molecule has 2 atom stereocenters. The lowest BCUT2D eigenvalue weighted by atomic mass is 10.1. The summed E-state index contributed by atoms with van der Waals surface area (Å²) >= 11 is 1.21. The summed E-state index contributed by atoms with van der Waals surface area (Å²) in [5.74, 6) is -0.552. The lowest BCUT2D eigenvalue weighted by Crippen LogP contribution is -2.39. The molecule has 1 N–H and O–H groups in total. The van der Waals surface area contributed by atoms with Crippen LogP contribution in [0.2, 0.25) is 0 Å². The van der Waals surface area contributed by atoms with Crippen molar-refractivity contribution >= 4 is 29.3 Å². The van der Waals surface area contributed by atoms with Gasteiger partial charge in [0.05, 0.1) is 4.92 Å². The van der Waals surface area contributed by atoms with Gasteiger partial charge in [0.1, 0.15) is 5.25 Å². The van der Waals surface area contributed by atoms with Crippen molar-refractivity contribution in [3.8, 4) is 0 Å². The third kappa shape index (κ3) is 6.57. The first kappa shape index (κ1) is 20.0. The first-order valence-corrected chi connectivity index (χ1v) is 8.45. The number of nitro benzene ring substituents is 1. The van der Waals surface area contributed by atoms with Crippen LogP contribution >= 0.6 is 11.8 Å². The van der Waals surface area contributed by atoms with Crippen LogP contribution in [0.5, 0.6) is 0 Å². The SMILES string of the molecule is CC(Sc1ccc([N+](=O)[O-])cc1)C(=O)OCC(=O)NC(C)C(C)C. The molecular weight excluding hydrogens is 332 g/mol. The zero-order valence-electron chi connectivity index (χ0n) is 14.1. The number of hydrogen-bond donors (Lipinski definition) is 1. The van der Waals surface area contributed by atoms with Crippen LogP contribution in [0.15, 0.2) is 29.2 Å². The summed E-state index contributed by atoms with van der Waals surface area (Å²) in [6.07, 6.45) is 0. The molecule has 1 rings (SSSR count). The summed E-state index contributed by atoms with van der Waals surface area (Å²) in [5, 5.41) is 12.8. The highest BCUT2D eigenvalue weighted by Gasteiger charge is 2.19. The zero-order chi connectivity index (χ0) is 18.3. The molecule has 0 radical (unpaired) electrons. The molecule has 0 fully saturated rings. The van der Waals surface area contributed by atoms with Crippen LogP contribution in [-0.2, 0) is 14.3 Å². The first-order valence-electron chi connectivity index (χ1n) is 7.57. The fourth-order valence-electron chi connectivity index (χ4n) is 1.61. The highest BCUT2D eigenvalue weighted by molar-refractivity contribution is 8.00. The van der Waals surface area contributed by atoms with Gasteiger partial charge in [-0.05, 0) is 31.9 Å². The van der Waals surface area contributed by atoms with Crippen molar-refractivity contribution in [2.75, 3.05) is 6.61 Å². The predicted molar refractivity (Wildman–Crippen MR) is 91.8 cm³/mol. The summed E-state index contributed by atoms with van der Waals surface area (Å²) in [4.78, 5) is 34.4. The van der Waals surface area contributed by atoms with Gasteiger partial charge in [0.25, 0.3) is 11.6 Å². The molecule has 7 nitrogen and oxygen atoms in total. The van der Waals surface area contributed by atoms with Gasteiger partial charge in [-0.1, -0.05) is 13.8 Å². The van der Waals surface area contributed by atoms with E-state index >= 15 is 0 Å². The fraction of sp³-hybridized carbons (Fsp3) is 0.500. The highest BCUT2D eigenvalue weighted by Crippen LogP contribution is 2.25. The summed E-state index contributed by atoms with van der Waals surface area (Å²) in [6, 6.07) is 5.90.